The van der Waals surface area contributed by atoms with Gasteiger partial charge in [0.05, 0.1) is 12.7 Å². The third kappa shape index (κ3) is 2.88. The Morgan fingerprint density at radius 3 is 2.50 bits per heavy atom. The maximum Gasteiger partial charge on any atom is 0.338 e. The van der Waals surface area contributed by atoms with Crippen LogP contribution in [0, 0.1) is 5.82 Å². The van der Waals surface area contributed by atoms with Gasteiger partial charge in [-0.2, -0.15) is 0 Å². The molecule has 0 aliphatic carbocycles. The maximum absolute atomic E-state index is 14.1. The van der Waals surface area contributed by atoms with E-state index in [1.165, 1.54) is 13.2 Å². The average Bonchev–Trinajstić information content (AvgIpc) is 2.46. The molecule has 1 N–H and O–H groups in total. The molecule has 0 fully saturated rings. The second-order valence-electron chi connectivity index (χ2n) is 4.04. The van der Waals surface area contributed by atoms with Gasteiger partial charge in [0.25, 0.3) is 0 Å². The van der Waals surface area contributed by atoms with E-state index in [1.54, 1.807) is 0 Å². The lowest BCUT2D eigenvalue weighted by Gasteiger charge is -2.12. The van der Waals surface area contributed by atoms with Gasteiger partial charge in [0, 0.05) is 0 Å². The highest BCUT2D eigenvalue weighted by Crippen LogP contribution is 2.33. The maximum atomic E-state index is 14.1. The third-order valence-electron chi connectivity index (χ3n) is 2.74. The minimum atomic E-state index is -1.35. The van der Waals surface area contributed by atoms with Crippen LogP contribution in [-0.4, -0.2) is 18.2 Å². The number of hydrogen-bond acceptors (Lipinski definition) is 3. The van der Waals surface area contributed by atoms with Gasteiger partial charge in [-0.3, -0.25) is 0 Å². The largest absolute Gasteiger partial charge is 0.493 e. The van der Waals surface area contributed by atoms with Crippen LogP contribution < -0.4 is 9.47 Å². The summed E-state index contributed by atoms with van der Waals surface area (Å²) in [6.45, 7) is 0.122. The molecule has 2 rings (SSSR count). The van der Waals surface area contributed by atoms with E-state index in [4.69, 9.17) is 14.6 Å². The molecule has 2 aromatic rings. The van der Waals surface area contributed by atoms with E-state index in [1.807, 2.05) is 30.3 Å². The van der Waals surface area contributed by atoms with Crippen LogP contribution in [0.5, 0.6) is 11.5 Å². The molecular formula is C15H13FO4. The van der Waals surface area contributed by atoms with Gasteiger partial charge in [0.15, 0.2) is 17.3 Å². The van der Waals surface area contributed by atoms with Gasteiger partial charge in [-0.25, -0.2) is 9.18 Å². The molecule has 0 amide bonds. The van der Waals surface area contributed by atoms with Gasteiger partial charge >= 0.3 is 5.97 Å². The average molecular weight is 276 g/mol. The highest BCUT2D eigenvalue weighted by atomic mass is 19.1. The molecule has 104 valence electrons. The molecule has 0 atom stereocenters. The normalized spacial score (nSPS) is 10.1. The first kappa shape index (κ1) is 13.9. The van der Waals surface area contributed by atoms with E-state index in [9.17, 15) is 9.18 Å². The van der Waals surface area contributed by atoms with Gasteiger partial charge in [-0.15, -0.1) is 0 Å². The van der Waals surface area contributed by atoms with E-state index in [0.717, 1.165) is 11.6 Å². The SMILES string of the molecule is COc1ccc(C(=O)O)c(F)c1OCc1ccccc1. The minimum absolute atomic E-state index is 0.122. The van der Waals surface area contributed by atoms with Crippen LogP contribution in [0.1, 0.15) is 15.9 Å². The molecule has 0 heterocycles. The smallest absolute Gasteiger partial charge is 0.338 e. The molecule has 0 aromatic heterocycles. The second kappa shape index (κ2) is 6.06. The Morgan fingerprint density at radius 2 is 1.90 bits per heavy atom. The fourth-order valence-corrected chi connectivity index (χ4v) is 1.73. The summed E-state index contributed by atoms with van der Waals surface area (Å²) in [6.07, 6.45) is 0. The van der Waals surface area contributed by atoms with Crippen molar-refractivity contribution in [1.29, 1.82) is 0 Å². The summed E-state index contributed by atoms with van der Waals surface area (Å²) in [4.78, 5) is 10.9. The highest BCUT2D eigenvalue weighted by Gasteiger charge is 2.19. The summed E-state index contributed by atoms with van der Waals surface area (Å²) in [5.74, 6) is -2.33. The van der Waals surface area contributed by atoms with Crippen molar-refractivity contribution in [2.45, 2.75) is 6.61 Å². The Kier molecular flexibility index (Phi) is 4.20. The first-order valence-corrected chi connectivity index (χ1v) is 5.90. The van der Waals surface area contributed by atoms with Crippen LogP contribution in [0.4, 0.5) is 4.39 Å². The Labute approximate surface area is 115 Å². The van der Waals surface area contributed by atoms with Gasteiger partial charge in [-0.05, 0) is 17.7 Å². The fourth-order valence-electron chi connectivity index (χ4n) is 1.73. The third-order valence-corrected chi connectivity index (χ3v) is 2.74. The van der Waals surface area contributed by atoms with Crippen molar-refractivity contribution in [3.8, 4) is 11.5 Å². The van der Waals surface area contributed by atoms with Crippen LogP contribution in [0.15, 0.2) is 42.5 Å². The molecule has 0 unspecified atom stereocenters. The molecule has 0 saturated carbocycles. The lowest BCUT2D eigenvalue weighted by molar-refractivity contribution is 0.0690. The van der Waals surface area contributed by atoms with Crippen molar-refractivity contribution < 1.29 is 23.8 Å². The minimum Gasteiger partial charge on any atom is -0.493 e. The number of ether oxygens (including phenoxy) is 2. The monoisotopic (exact) mass is 276 g/mol. The van der Waals surface area contributed by atoms with Crippen LogP contribution in [0.25, 0.3) is 0 Å². The van der Waals surface area contributed by atoms with E-state index in [-0.39, 0.29) is 18.1 Å². The Hall–Kier alpha value is -2.56. The summed E-state index contributed by atoms with van der Waals surface area (Å²) < 4.78 is 24.5. The number of aromatic carboxylic acids is 1. The molecule has 0 aliphatic heterocycles. The number of benzene rings is 2. The standard InChI is InChI=1S/C15H13FO4/c1-19-12-8-7-11(15(17)18)13(16)14(12)20-9-10-5-3-2-4-6-10/h2-8H,9H2,1H3,(H,17,18). The molecule has 0 bridgehead atoms. The van der Waals surface area contributed by atoms with Crippen LogP contribution >= 0.6 is 0 Å². The predicted molar refractivity (Wildman–Crippen MR) is 70.7 cm³/mol. The van der Waals surface area contributed by atoms with E-state index >= 15 is 0 Å². The number of carboxylic acid groups (broad SMARTS) is 1. The quantitative estimate of drug-likeness (QED) is 0.911. The molecule has 0 saturated heterocycles. The summed E-state index contributed by atoms with van der Waals surface area (Å²) in [5, 5.41) is 8.90. The van der Waals surface area contributed by atoms with Gasteiger partial charge in [0.1, 0.15) is 6.61 Å². The van der Waals surface area contributed by atoms with Crippen molar-refractivity contribution in [1.82, 2.24) is 0 Å². The zero-order chi connectivity index (χ0) is 14.5. The zero-order valence-electron chi connectivity index (χ0n) is 10.8. The topological polar surface area (TPSA) is 55.8 Å². The lowest BCUT2D eigenvalue weighted by Crippen LogP contribution is -2.06. The van der Waals surface area contributed by atoms with E-state index < -0.39 is 17.3 Å². The van der Waals surface area contributed by atoms with Crippen molar-refractivity contribution in [3.05, 3.63) is 59.4 Å². The molecule has 0 aliphatic rings. The summed E-state index contributed by atoms with van der Waals surface area (Å²) >= 11 is 0. The van der Waals surface area contributed by atoms with Gasteiger partial charge in [0.2, 0.25) is 0 Å². The number of halogens is 1. The Bertz CT molecular complexity index is 611. The number of methoxy groups -OCH3 is 1. The summed E-state index contributed by atoms with van der Waals surface area (Å²) in [7, 11) is 1.37. The van der Waals surface area contributed by atoms with Crippen LogP contribution in [-0.2, 0) is 6.61 Å². The number of rotatable bonds is 5. The molecule has 0 radical (unpaired) electrons. The van der Waals surface area contributed by atoms with Crippen molar-refractivity contribution >= 4 is 5.97 Å². The van der Waals surface area contributed by atoms with Crippen LogP contribution in [0.3, 0.4) is 0 Å². The first-order chi connectivity index (χ1) is 9.63. The van der Waals surface area contributed by atoms with Crippen molar-refractivity contribution in [3.63, 3.8) is 0 Å². The van der Waals surface area contributed by atoms with Gasteiger partial charge in [-0.1, -0.05) is 30.3 Å². The van der Waals surface area contributed by atoms with E-state index in [2.05, 4.69) is 0 Å². The van der Waals surface area contributed by atoms with Crippen LogP contribution in [0.2, 0.25) is 0 Å². The van der Waals surface area contributed by atoms with E-state index in [0.29, 0.717) is 0 Å². The molecule has 5 heteroatoms. The lowest BCUT2D eigenvalue weighted by atomic mass is 10.2. The Balaban J connectivity index is 2.29. The Morgan fingerprint density at radius 1 is 1.20 bits per heavy atom. The van der Waals surface area contributed by atoms with Crippen molar-refractivity contribution in [2.24, 2.45) is 0 Å². The number of hydrogen-bond donors (Lipinski definition) is 1. The predicted octanol–water partition coefficient (Wildman–Crippen LogP) is 3.11. The molecule has 2 aromatic carbocycles. The second-order valence-corrected chi connectivity index (χ2v) is 4.04. The highest BCUT2D eigenvalue weighted by molar-refractivity contribution is 5.89. The van der Waals surface area contributed by atoms with Crippen molar-refractivity contribution in [2.75, 3.05) is 7.11 Å². The fraction of sp³-hybridized carbons (Fsp3) is 0.133. The van der Waals surface area contributed by atoms with Gasteiger partial charge < -0.3 is 14.6 Å². The summed E-state index contributed by atoms with van der Waals surface area (Å²) in [6, 6.07) is 11.7. The molecule has 4 nitrogen and oxygen atoms in total. The summed E-state index contributed by atoms with van der Waals surface area (Å²) in [5.41, 5.74) is 0.392. The number of carbonyl (C=O) groups is 1. The molecule has 0 spiro atoms. The molecular weight excluding hydrogens is 263 g/mol. The zero-order valence-corrected chi connectivity index (χ0v) is 10.8. The first-order valence-electron chi connectivity index (χ1n) is 5.90. The number of carboxylic acids is 1. The molecule has 20 heavy (non-hydrogen) atoms.